The van der Waals surface area contributed by atoms with Gasteiger partial charge in [-0.05, 0) is 48.2 Å². The summed E-state index contributed by atoms with van der Waals surface area (Å²) in [4.78, 5) is 28.0. The highest BCUT2D eigenvalue weighted by Crippen LogP contribution is 2.28. The van der Waals surface area contributed by atoms with Gasteiger partial charge in [-0.2, -0.15) is 0 Å². The molecule has 0 N–H and O–H groups in total. The molecule has 2 aromatic heterocycles. The first-order valence-electron chi connectivity index (χ1n) is 10.4. The SMILES string of the molecule is Cc1noc(C)c1COc1cc2ccccc2cc1C(=O)OCC(=O)N(C)Cc1cccs1. The highest BCUT2D eigenvalue weighted by atomic mass is 32.1. The van der Waals surface area contributed by atoms with Crippen LogP contribution in [0.5, 0.6) is 5.75 Å². The fraction of sp³-hybridized carbons (Fsp3) is 0.240. The second-order valence-corrected chi connectivity index (χ2v) is 8.72. The molecular formula is C25H24N2O5S. The van der Waals surface area contributed by atoms with Crippen LogP contribution in [0, 0.1) is 13.8 Å². The maximum atomic E-state index is 12.9. The molecule has 0 unspecified atom stereocenters. The molecule has 33 heavy (non-hydrogen) atoms. The van der Waals surface area contributed by atoms with Crippen molar-refractivity contribution >= 4 is 34.0 Å². The first-order valence-corrected chi connectivity index (χ1v) is 11.3. The van der Waals surface area contributed by atoms with Gasteiger partial charge in [0.05, 0.1) is 17.8 Å². The van der Waals surface area contributed by atoms with Crippen molar-refractivity contribution in [2.24, 2.45) is 0 Å². The van der Waals surface area contributed by atoms with E-state index in [-0.39, 0.29) is 24.7 Å². The minimum atomic E-state index is -0.618. The van der Waals surface area contributed by atoms with Crippen LogP contribution in [-0.2, 0) is 22.7 Å². The standard InChI is InChI=1S/C25H24N2O5S/c1-16-22(17(2)32-26-16)14-30-23-12-19-8-5-4-7-18(19)11-21(23)25(29)31-15-24(28)27(3)13-20-9-6-10-33-20/h4-12H,13-15H2,1-3H3. The number of amides is 1. The lowest BCUT2D eigenvalue weighted by Crippen LogP contribution is -2.30. The Bertz CT molecular complexity index is 1260. The Morgan fingerprint density at radius 3 is 2.52 bits per heavy atom. The molecule has 0 aliphatic rings. The van der Waals surface area contributed by atoms with Gasteiger partial charge in [0, 0.05) is 11.9 Å². The number of likely N-dealkylation sites (N-methyl/N-ethyl adjacent to an activating group) is 1. The van der Waals surface area contributed by atoms with Crippen LogP contribution in [0.2, 0.25) is 0 Å². The number of aromatic nitrogens is 1. The molecule has 2 heterocycles. The van der Waals surface area contributed by atoms with Gasteiger partial charge in [-0.15, -0.1) is 11.3 Å². The molecule has 8 heteroatoms. The molecule has 0 radical (unpaired) electrons. The summed E-state index contributed by atoms with van der Waals surface area (Å²) in [6.07, 6.45) is 0. The van der Waals surface area contributed by atoms with Crippen LogP contribution in [0.1, 0.15) is 32.3 Å². The molecule has 0 atom stereocenters. The molecule has 0 spiro atoms. The number of benzene rings is 2. The Kier molecular flexibility index (Phi) is 6.74. The maximum absolute atomic E-state index is 12.9. The van der Waals surface area contributed by atoms with E-state index >= 15 is 0 Å². The van der Waals surface area contributed by atoms with Crippen LogP contribution in [0.25, 0.3) is 10.8 Å². The van der Waals surface area contributed by atoms with Crippen LogP contribution in [-0.4, -0.2) is 35.6 Å². The second-order valence-electron chi connectivity index (χ2n) is 7.69. The summed E-state index contributed by atoms with van der Waals surface area (Å²) in [6.45, 7) is 3.96. The van der Waals surface area contributed by atoms with Gasteiger partial charge < -0.3 is 18.9 Å². The number of hydrogen-bond acceptors (Lipinski definition) is 7. The number of fused-ring (bicyclic) bond motifs is 1. The fourth-order valence-electron chi connectivity index (χ4n) is 3.40. The van der Waals surface area contributed by atoms with Crippen LogP contribution in [0.3, 0.4) is 0 Å². The van der Waals surface area contributed by atoms with Gasteiger partial charge in [-0.1, -0.05) is 35.5 Å². The van der Waals surface area contributed by atoms with Crippen LogP contribution < -0.4 is 4.74 Å². The van der Waals surface area contributed by atoms with E-state index < -0.39 is 5.97 Å². The Balaban J connectivity index is 1.50. The summed E-state index contributed by atoms with van der Waals surface area (Å²) < 4.78 is 16.6. The molecule has 0 bridgehead atoms. The highest BCUT2D eigenvalue weighted by Gasteiger charge is 2.20. The quantitative estimate of drug-likeness (QED) is 0.345. The number of hydrogen-bond donors (Lipinski definition) is 0. The zero-order valence-corrected chi connectivity index (χ0v) is 19.5. The van der Waals surface area contributed by atoms with E-state index in [9.17, 15) is 9.59 Å². The normalized spacial score (nSPS) is 10.9. The summed E-state index contributed by atoms with van der Waals surface area (Å²) in [5, 5.41) is 7.69. The summed E-state index contributed by atoms with van der Waals surface area (Å²) in [5.74, 6) is 0.137. The molecule has 0 aliphatic carbocycles. The Labute approximate surface area is 195 Å². The lowest BCUT2D eigenvalue weighted by atomic mass is 10.1. The molecule has 2 aromatic carbocycles. The monoisotopic (exact) mass is 464 g/mol. The number of thiophene rings is 1. The van der Waals surface area contributed by atoms with E-state index in [4.69, 9.17) is 14.0 Å². The molecule has 7 nitrogen and oxygen atoms in total. The van der Waals surface area contributed by atoms with Gasteiger partial charge in [0.2, 0.25) is 0 Å². The third-order valence-corrected chi connectivity index (χ3v) is 6.21. The first kappa shape index (κ1) is 22.5. The van der Waals surface area contributed by atoms with E-state index in [0.717, 1.165) is 26.9 Å². The average molecular weight is 465 g/mol. The molecule has 170 valence electrons. The Morgan fingerprint density at radius 2 is 1.85 bits per heavy atom. The third-order valence-electron chi connectivity index (χ3n) is 5.35. The van der Waals surface area contributed by atoms with E-state index in [0.29, 0.717) is 18.1 Å². The number of ether oxygens (including phenoxy) is 2. The van der Waals surface area contributed by atoms with Crippen LogP contribution >= 0.6 is 11.3 Å². The number of carbonyl (C=O) groups excluding carboxylic acids is 2. The average Bonchev–Trinajstić information content (AvgIpc) is 3.44. The Hall–Kier alpha value is -3.65. The highest BCUT2D eigenvalue weighted by molar-refractivity contribution is 7.09. The van der Waals surface area contributed by atoms with Crippen molar-refractivity contribution in [2.75, 3.05) is 13.7 Å². The van der Waals surface area contributed by atoms with Crippen molar-refractivity contribution in [3.05, 3.63) is 81.4 Å². The summed E-state index contributed by atoms with van der Waals surface area (Å²) in [5.41, 5.74) is 1.82. The molecule has 4 rings (SSSR count). The lowest BCUT2D eigenvalue weighted by Gasteiger charge is -2.17. The maximum Gasteiger partial charge on any atom is 0.342 e. The number of carbonyl (C=O) groups is 2. The van der Waals surface area contributed by atoms with E-state index in [2.05, 4.69) is 5.16 Å². The topological polar surface area (TPSA) is 81.9 Å². The molecule has 0 saturated carbocycles. The minimum absolute atomic E-state index is 0.197. The van der Waals surface area contributed by atoms with Gasteiger partial charge in [0.25, 0.3) is 5.91 Å². The molecule has 0 fully saturated rings. The van der Waals surface area contributed by atoms with Gasteiger partial charge in [0.1, 0.15) is 23.7 Å². The van der Waals surface area contributed by atoms with Crippen molar-refractivity contribution in [3.8, 4) is 5.75 Å². The van der Waals surface area contributed by atoms with Crippen molar-refractivity contribution in [1.29, 1.82) is 0 Å². The fourth-order valence-corrected chi connectivity index (χ4v) is 4.15. The molecule has 0 saturated heterocycles. The first-order chi connectivity index (χ1) is 15.9. The zero-order valence-electron chi connectivity index (χ0n) is 18.7. The summed E-state index contributed by atoms with van der Waals surface area (Å²) in [6, 6.07) is 15.1. The molecule has 0 aliphatic heterocycles. The van der Waals surface area contributed by atoms with Crippen LogP contribution in [0.15, 0.2) is 58.4 Å². The van der Waals surface area contributed by atoms with Gasteiger partial charge in [-0.3, -0.25) is 4.79 Å². The number of esters is 1. The smallest absolute Gasteiger partial charge is 0.342 e. The second kappa shape index (κ2) is 9.87. The number of rotatable bonds is 8. The van der Waals surface area contributed by atoms with E-state index in [1.165, 1.54) is 4.90 Å². The van der Waals surface area contributed by atoms with E-state index in [1.807, 2.05) is 55.6 Å². The van der Waals surface area contributed by atoms with Gasteiger partial charge in [-0.25, -0.2) is 4.79 Å². The largest absolute Gasteiger partial charge is 0.488 e. The van der Waals surface area contributed by atoms with Gasteiger partial charge in [0.15, 0.2) is 6.61 Å². The number of nitrogens with zero attached hydrogens (tertiary/aromatic N) is 2. The molecule has 4 aromatic rings. The predicted octanol–water partition coefficient (Wildman–Crippen LogP) is 4.90. The molecular weight excluding hydrogens is 440 g/mol. The summed E-state index contributed by atoms with van der Waals surface area (Å²) in [7, 11) is 1.68. The molecule has 1 amide bonds. The minimum Gasteiger partial charge on any atom is -0.488 e. The van der Waals surface area contributed by atoms with Crippen molar-refractivity contribution in [1.82, 2.24) is 10.1 Å². The summed E-state index contributed by atoms with van der Waals surface area (Å²) >= 11 is 1.57. The van der Waals surface area contributed by atoms with Crippen molar-refractivity contribution in [2.45, 2.75) is 27.0 Å². The zero-order chi connectivity index (χ0) is 23.4. The van der Waals surface area contributed by atoms with E-state index in [1.54, 1.807) is 30.5 Å². The predicted molar refractivity (Wildman–Crippen MR) is 125 cm³/mol. The lowest BCUT2D eigenvalue weighted by molar-refractivity contribution is -0.133. The number of aryl methyl sites for hydroxylation is 2. The Morgan fingerprint density at radius 1 is 1.09 bits per heavy atom. The van der Waals surface area contributed by atoms with Crippen molar-refractivity contribution < 1.29 is 23.6 Å². The van der Waals surface area contributed by atoms with Crippen LogP contribution in [0.4, 0.5) is 0 Å². The van der Waals surface area contributed by atoms with Gasteiger partial charge >= 0.3 is 5.97 Å². The third kappa shape index (κ3) is 5.23. The van der Waals surface area contributed by atoms with Crippen molar-refractivity contribution in [3.63, 3.8) is 0 Å².